The van der Waals surface area contributed by atoms with Crippen molar-refractivity contribution in [2.75, 3.05) is 19.8 Å². The molecule has 0 aliphatic rings. The molecule has 0 unspecified atom stereocenters. The lowest BCUT2D eigenvalue weighted by Gasteiger charge is -2.12. The van der Waals surface area contributed by atoms with Crippen molar-refractivity contribution in [1.29, 1.82) is 0 Å². The van der Waals surface area contributed by atoms with Gasteiger partial charge in [-0.25, -0.2) is 0 Å². The summed E-state index contributed by atoms with van der Waals surface area (Å²) in [6.07, 6.45) is -4.32. The van der Waals surface area contributed by atoms with Gasteiger partial charge in [0.1, 0.15) is 19.0 Å². The number of ether oxygens (including phenoxy) is 2. The third-order valence-electron chi connectivity index (χ3n) is 2.03. The van der Waals surface area contributed by atoms with Crippen LogP contribution in [0.5, 0.6) is 5.75 Å². The Morgan fingerprint density at radius 2 is 1.94 bits per heavy atom. The van der Waals surface area contributed by atoms with E-state index in [4.69, 9.17) is 22.1 Å². The highest BCUT2D eigenvalue weighted by atomic mass is 35.5. The average molecular weight is 284 g/mol. The van der Waals surface area contributed by atoms with Crippen molar-refractivity contribution in [2.24, 2.45) is 5.73 Å². The Morgan fingerprint density at radius 1 is 1.22 bits per heavy atom. The van der Waals surface area contributed by atoms with Crippen molar-refractivity contribution >= 4 is 11.6 Å². The molecule has 0 saturated heterocycles. The Morgan fingerprint density at radius 3 is 2.56 bits per heavy atom. The Kier molecular flexibility index (Phi) is 5.71. The molecule has 102 valence electrons. The lowest BCUT2D eigenvalue weighted by atomic mass is 10.2. The average Bonchev–Trinajstić information content (AvgIpc) is 2.27. The molecule has 0 atom stereocenters. The molecule has 7 heteroatoms. The van der Waals surface area contributed by atoms with Crippen LogP contribution < -0.4 is 10.5 Å². The Balaban J connectivity index is 2.38. The fourth-order valence-electron chi connectivity index (χ4n) is 1.27. The van der Waals surface area contributed by atoms with Gasteiger partial charge in [-0.05, 0) is 12.1 Å². The van der Waals surface area contributed by atoms with Crippen molar-refractivity contribution < 1.29 is 22.6 Å². The summed E-state index contributed by atoms with van der Waals surface area (Å²) in [7, 11) is 0. The second kappa shape index (κ2) is 6.82. The number of hydrogen-bond acceptors (Lipinski definition) is 3. The monoisotopic (exact) mass is 283 g/mol. The number of hydrogen-bond donors (Lipinski definition) is 1. The predicted molar refractivity (Wildman–Crippen MR) is 61.7 cm³/mol. The van der Waals surface area contributed by atoms with Crippen LogP contribution in [0.4, 0.5) is 13.2 Å². The zero-order valence-corrected chi connectivity index (χ0v) is 10.2. The quantitative estimate of drug-likeness (QED) is 0.817. The van der Waals surface area contributed by atoms with Gasteiger partial charge in [0.05, 0.1) is 6.61 Å². The minimum absolute atomic E-state index is 0.00340. The third-order valence-corrected chi connectivity index (χ3v) is 2.39. The SMILES string of the molecule is NCc1c(Cl)cccc1OCCOCC(F)(F)F. The van der Waals surface area contributed by atoms with Gasteiger partial charge in [-0.15, -0.1) is 0 Å². The van der Waals surface area contributed by atoms with Crippen LogP contribution in [0.25, 0.3) is 0 Å². The van der Waals surface area contributed by atoms with E-state index >= 15 is 0 Å². The summed E-state index contributed by atoms with van der Waals surface area (Å²) in [6.45, 7) is -1.24. The van der Waals surface area contributed by atoms with Crippen molar-refractivity contribution in [3.63, 3.8) is 0 Å². The molecule has 0 fully saturated rings. The minimum atomic E-state index is -4.32. The number of nitrogens with two attached hydrogens (primary N) is 1. The van der Waals surface area contributed by atoms with Gasteiger partial charge in [-0.3, -0.25) is 0 Å². The zero-order chi connectivity index (χ0) is 13.6. The maximum Gasteiger partial charge on any atom is 0.411 e. The molecule has 0 aliphatic heterocycles. The first-order valence-electron chi connectivity index (χ1n) is 5.19. The van der Waals surface area contributed by atoms with E-state index in [0.717, 1.165) is 0 Å². The molecule has 3 nitrogen and oxygen atoms in total. The molecule has 0 radical (unpaired) electrons. The van der Waals surface area contributed by atoms with Gasteiger partial charge in [0.15, 0.2) is 0 Å². The molecule has 18 heavy (non-hydrogen) atoms. The molecule has 0 spiro atoms. The summed E-state index contributed by atoms with van der Waals surface area (Å²) >= 11 is 5.89. The number of alkyl halides is 3. The molecule has 0 aromatic heterocycles. The van der Waals surface area contributed by atoms with Gasteiger partial charge in [0, 0.05) is 17.1 Å². The van der Waals surface area contributed by atoms with E-state index in [-0.39, 0.29) is 19.8 Å². The lowest BCUT2D eigenvalue weighted by molar-refractivity contribution is -0.175. The Bertz CT molecular complexity index is 385. The second-order valence-corrected chi connectivity index (χ2v) is 3.84. The summed E-state index contributed by atoms with van der Waals surface area (Å²) in [5.41, 5.74) is 6.11. The Labute approximate surface area is 108 Å². The van der Waals surface area contributed by atoms with Gasteiger partial charge in [-0.2, -0.15) is 13.2 Å². The molecule has 0 aliphatic carbocycles. The van der Waals surface area contributed by atoms with E-state index in [1.54, 1.807) is 18.2 Å². The molecule has 0 amide bonds. The third kappa shape index (κ3) is 5.12. The lowest BCUT2D eigenvalue weighted by Crippen LogP contribution is -2.19. The van der Waals surface area contributed by atoms with Crippen molar-refractivity contribution in [2.45, 2.75) is 12.7 Å². The maximum atomic E-state index is 11.8. The molecule has 1 aromatic carbocycles. The van der Waals surface area contributed by atoms with Crippen LogP contribution in [0.2, 0.25) is 5.02 Å². The normalized spacial score (nSPS) is 11.6. The summed E-state index contributed by atoms with van der Waals surface area (Å²) < 4.78 is 45.0. The van der Waals surface area contributed by atoms with Gasteiger partial charge in [-0.1, -0.05) is 17.7 Å². The topological polar surface area (TPSA) is 44.5 Å². The molecule has 2 N–H and O–H groups in total. The van der Waals surface area contributed by atoms with Crippen molar-refractivity contribution in [3.8, 4) is 5.75 Å². The molecular formula is C11H13ClF3NO2. The van der Waals surface area contributed by atoms with E-state index in [0.29, 0.717) is 16.3 Å². The highest BCUT2D eigenvalue weighted by Crippen LogP contribution is 2.25. The van der Waals surface area contributed by atoms with E-state index in [1.165, 1.54) is 0 Å². The number of rotatable bonds is 6. The van der Waals surface area contributed by atoms with Gasteiger partial charge in [0.2, 0.25) is 0 Å². The van der Waals surface area contributed by atoms with E-state index < -0.39 is 12.8 Å². The highest BCUT2D eigenvalue weighted by Gasteiger charge is 2.27. The summed E-state index contributed by atoms with van der Waals surface area (Å²) in [4.78, 5) is 0. The number of halogens is 4. The van der Waals surface area contributed by atoms with Crippen LogP contribution in [-0.4, -0.2) is 26.0 Å². The second-order valence-electron chi connectivity index (χ2n) is 3.44. The van der Waals surface area contributed by atoms with Gasteiger partial charge in [0.25, 0.3) is 0 Å². The van der Waals surface area contributed by atoms with Crippen LogP contribution >= 0.6 is 11.6 Å². The van der Waals surface area contributed by atoms with Gasteiger partial charge >= 0.3 is 6.18 Å². The first-order valence-corrected chi connectivity index (χ1v) is 5.56. The first-order chi connectivity index (χ1) is 8.44. The Hall–Kier alpha value is -0.980. The molecule has 0 saturated carbocycles. The molecule has 0 bridgehead atoms. The summed E-state index contributed by atoms with van der Waals surface area (Å²) in [6, 6.07) is 4.99. The largest absolute Gasteiger partial charge is 0.491 e. The van der Waals surface area contributed by atoms with Crippen LogP contribution in [0, 0.1) is 0 Å². The van der Waals surface area contributed by atoms with Crippen LogP contribution in [0.1, 0.15) is 5.56 Å². The van der Waals surface area contributed by atoms with E-state index in [1.807, 2.05) is 0 Å². The minimum Gasteiger partial charge on any atom is -0.491 e. The summed E-state index contributed by atoms with van der Waals surface area (Å²) in [5, 5.41) is 0.464. The van der Waals surface area contributed by atoms with Crippen molar-refractivity contribution in [1.82, 2.24) is 0 Å². The zero-order valence-electron chi connectivity index (χ0n) is 9.47. The maximum absolute atomic E-state index is 11.8. The fraction of sp³-hybridized carbons (Fsp3) is 0.455. The standard InChI is InChI=1S/C11H13ClF3NO2/c12-9-2-1-3-10(8(9)6-16)18-5-4-17-7-11(13,14)15/h1-3H,4-7,16H2. The fourth-order valence-corrected chi connectivity index (χ4v) is 1.51. The van der Waals surface area contributed by atoms with E-state index in [2.05, 4.69) is 4.74 Å². The predicted octanol–water partition coefficient (Wildman–Crippen LogP) is 2.76. The van der Waals surface area contributed by atoms with Crippen LogP contribution in [0.3, 0.4) is 0 Å². The van der Waals surface area contributed by atoms with Crippen molar-refractivity contribution in [3.05, 3.63) is 28.8 Å². The highest BCUT2D eigenvalue weighted by molar-refractivity contribution is 6.31. The molecular weight excluding hydrogens is 271 g/mol. The molecule has 1 rings (SSSR count). The smallest absolute Gasteiger partial charge is 0.411 e. The first kappa shape index (κ1) is 15.1. The van der Waals surface area contributed by atoms with Crippen LogP contribution in [-0.2, 0) is 11.3 Å². The summed E-state index contributed by atoms with van der Waals surface area (Å²) in [5.74, 6) is 0.459. The van der Waals surface area contributed by atoms with Crippen LogP contribution in [0.15, 0.2) is 18.2 Å². The van der Waals surface area contributed by atoms with E-state index in [9.17, 15) is 13.2 Å². The van der Waals surface area contributed by atoms with Gasteiger partial charge < -0.3 is 15.2 Å². The molecule has 1 aromatic rings. The number of benzene rings is 1. The molecule has 0 heterocycles.